The fourth-order valence-electron chi connectivity index (χ4n) is 4.25. The highest BCUT2D eigenvalue weighted by atomic mass is 16.3. The van der Waals surface area contributed by atoms with Gasteiger partial charge in [-0.2, -0.15) is 0 Å². The third-order valence-corrected chi connectivity index (χ3v) is 5.70. The smallest absolute Gasteiger partial charge is 0.120 e. The van der Waals surface area contributed by atoms with Crippen LogP contribution < -0.4 is 0 Å². The first-order chi connectivity index (χ1) is 14.6. The highest BCUT2D eigenvalue weighted by Gasteiger charge is 2.33. The number of phenols is 2. The fourth-order valence-corrected chi connectivity index (χ4v) is 4.25. The van der Waals surface area contributed by atoms with Gasteiger partial charge in [0.25, 0.3) is 0 Å². The summed E-state index contributed by atoms with van der Waals surface area (Å²) in [5, 5.41) is 20.6. The van der Waals surface area contributed by atoms with E-state index >= 15 is 0 Å². The van der Waals surface area contributed by atoms with Crippen molar-refractivity contribution < 1.29 is 10.2 Å². The summed E-state index contributed by atoms with van der Waals surface area (Å²) in [4.78, 5) is 4.79. The third-order valence-electron chi connectivity index (χ3n) is 5.70. The number of para-hydroxylation sites is 2. The van der Waals surface area contributed by atoms with E-state index in [1.807, 2.05) is 54.6 Å². The van der Waals surface area contributed by atoms with Crippen molar-refractivity contribution in [2.75, 3.05) is 13.1 Å². The highest BCUT2D eigenvalue weighted by Crippen LogP contribution is 2.30. The molecular formula is C26H28N2O2. The molecule has 1 heterocycles. The van der Waals surface area contributed by atoms with Crippen LogP contribution in [0.4, 0.5) is 0 Å². The van der Waals surface area contributed by atoms with Gasteiger partial charge < -0.3 is 10.2 Å². The second-order valence-electron chi connectivity index (χ2n) is 7.87. The molecule has 0 unspecified atom stereocenters. The van der Waals surface area contributed by atoms with Crippen molar-refractivity contribution in [3.63, 3.8) is 0 Å². The molecule has 2 N–H and O–H groups in total. The first kappa shape index (κ1) is 20.2. The van der Waals surface area contributed by atoms with Gasteiger partial charge in [-0.05, 0) is 30.2 Å². The Morgan fingerprint density at radius 1 is 0.767 bits per heavy atom. The second-order valence-corrected chi connectivity index (χ2v) is 7.87. The fraction of sp³-hybridized carbons (Fsp3) is 0.231. The maximum Gasteiger partial charge on any atom is 0.120 e. The largest absolute Gasteiger partial charge is 0.508 e. The van der Waals surface area contributed by atoms with Crippen molar-refractivity contribution in [3.05, 3.63) is 101 Å². The number of aromatic hydroxyl groups is 2. The van der Waals surface area contributed by atoms with Gasteiger partial charge in [0.05, 0.1) is 6.17 Å². The van der Waals surface area contributed by atoms with Crippen LogP contribution in [0.2, 0.25) is 0 Å². The quantitative estimate of drug-likeness (QED) is 0.621. The number of benzene rings is 3. The second kappa shape index (κ2) is 9.16. The van der Waals surface area contributed by atoms with Crippen molar-refractivity contribution in [1.82, 2.24) is 9.80 Å². The number of hydrogen-bond donors (Lipinski definition) is 2. The van der Waals surface area contributed by atoms with Gasteiger partial charge in [0, 0.05) is 37.3 Å². The molecule has 3 aromatic carbocycles. The molecule has 0 radical (unpaired) electrons. The number of phenolic OH excluding ortho intramolecular Hbond substituents is 2. The molecule has 0 atom stereocenters. The maximum atomic E-state index is 10.3. The van der Waals surface area contributed by atoms with E-state index in [0.717, 1.165) is 24.2 Å². The molecule has 0 bridgehead atoms. The molecule has 1 aliphatic rings. The lowest BCUT2D eigenvalue weighted by molar-refractivity contribution is 0.155. The average Bonchev–Trinajstić information content (AvgIpc) is 3.14. The van der Waals surface area contributed by atoms with E-state index in [4.69, 9.17) is 0 Å². The zero-order valence-electron chi connectivity index (χ0n) is 17.3. The van der Waals surface area contributed by atoms with Crippen LogP contribution in [-0.4, -0.2) is 39.3 Å². The van der Waals surface area contributed by atoms with Gasteiger partial charge in [-0.25, -0.2) is 0 Å². The lowest BCUT2D eigenvalue weighted by Crippen LogP contribution is -2.39. The molecule has 3 aromatic rings. The van der Waals surface area contributed by atoms with Crippen molar-refractivity contribution in [2.24, 2.45) is 0 Å². The number of nitrogens with zero attached hydrogens (tertiary/aromatic N) is 2. The summed E-state index contributed by atoms with van der Waals surface area (Å²) in [7, 11) is 0. The zero-order chi connectivity index (χ0) is 20.9. The topological polar surface area (TPSA) is 46.9 Å². The standard InChI is InChI=1S/C26H28N2O2/c1-20(17-21-9-3-2-4-10-21)26-27(18-22-11-5-7-13-24(22)29)15-16-28(26)19-23-12-6-8-14-25(23)30/h2-14,17,26,29-30H,15-16,18-19H2,1H3/b20-17+. The number of rotatable bonds is 6. The van der Waals surface area contributed by atoms with Crippen LogP contribution in [0.1, 0.15) is 23.6 Å². The van der Waals surface area contributed by atoms with Gasteiger partial charge >= 0.3 is 0 Å². The van der Waals surface area contributed by atoms with Crippen molar-refractivity contribution in [3.8, 4) is 11.5 Å². The predicted molar refractivity (Wildman–Crippen MR) is 121 cm³/mol. The van der Waals surface area contributed by atoms with E-state index in [9.17, 15) is 10.2 Å². The van der Waals surface area contributed by atoms with Crippen LogP contribution in [0.3, 0.4) is 0 Å². The minimum atomic E-state index is 0.0874. The van der Waals surface area contributed by atoms with Crippen LogP contribution >= 0.6 is 0 Å². The minimum absolute atomic E-state index is 0.0874. The Hall–Kier alpha value is -3.08. The Morgan fingerprint density at radius 2 is 1.23 bits per heavy atom. The van der Waals surface area contributed by atoms with Crippen LogP contribution in [0.25, 0.3) is 6.08 Å². The van der Waals surface area contributed by atoms with Gasteiger partial charge in [0.2, 0.25) is 0 Å². The first-order valence-corrected chi connectivity index (χ1v) is 10.4. The third kappa shape index (κ3) is 4.56. The van der Waals surface area contributed by atoms with Gasteiger partial charge in [-0.1, -0.05) is 72.8 Å². The minimum Gasteiger partial charge on any atom is -0.508 e. The molecule has 0 aromatic heterocycles. The van der Waals surface area contributed by atoms with Gasteiger partial charge in [-0.3, -0.25) is 9.80 Å². The van der Waals surface area contributed by atoms with Crippen LogP contribution in [0, 0.1) is 0 Å². The SMILES string of the molecule is C/C(=C\c1ccccc1)C1N(Cc2ccccc2O)CCN1Cc1ccccc1O. The molecule has 0 spiro atoms. The Kier molecular flexibility index (Phi) is 6.17. The van der Waals surface area contributed by atoms with Crippen molar-refractivity contribution in [1.29, 1.82) is 0 Å². The van der Waals surface area contributed by atoms with Crippen molar-refractivity contribution in [2.45, 2.75) is 26.2 Å². The molecule has 4 nitrogen and oxygen atoms in total. The lowest BCUT2D eigenvalue weighted by Gasteiger charge is -2.31. The molecule has 4 heteroatoms. The molecule has 0 saturated carbocycles. The van der Waals surface area contributed by atoms with E-state index in [1.54, 1.807) is 12.1 Å². The predicted octanol–water partition coefficient (Wildman–Crippen LogP) is 4.85. The van der Waals surface area contributed by atoms with E-state index < -0.39 is 0 Å². The Labute approximate surface area is 178 Å². The number of hydrogen-bond acceptors (Lipinski definition) is 4. The molecule has 4 rings (SSSR count). The Balaban J connectivity index is 1.63. The Morgan fingerprint density at radius 3 is 1.73 bits per heavy atom. The summed E-state index contributed by atoms with van der Waals surface area (Å²) < 4.78 is 0. The first-order valence-electron chi connectivity index (χ1n) is 10.4. The van der Waals surface area contributed by atoms with Crippen LogP contribution in [-0.2, 0) is 13.1 Å². The molecule has 1 fully saturated rings. The average molecular weight is 401 g/mol. The summed E-state index contributed by atoms with van der Waals surface area (Å²) in [6.07, 6.45) is 2.32. The van der Waals surface area contributed by atoms with E-state index in [0.29, 0.717) is 24.6 Å². The highest BCUT2D eigenvalue weighted by molar-refractivity contribution is 5.53. The van der Waals surface area contributed by atoms with Crippen LogP contribution in [0.5, 0.6) is 11.5 Å². The molecule has 0 amide bonds. The van der Waals surface area contributed by atoms with E-state index in [2.05, 4.69) is 34.9 Å². The molecule has 1 aliphatic heterocycles. The summed E-state index contributed by atoms with van der Waals surface area (Å²) in [6, 6.07) is 25.4. The molecule has 0 aliphatic carbocycles. The van der Waals surface area contributed by atoms with E-state index in [1.165, 1.54) is 11.1 Å². The molecule has 30 heavy (non-hydrogen) atoms. The zero-order valence-corrected chi connectivity index (χ0v) is 17.3. The van der Waals surface area contributed by atoms with Gasteiger partial charge in [0.1, 0.15) is 11.5 Å². The maximum absolute atomic E-state index is 10.3. The lowest BCUT2D eigenvalue weighted by atomic mass is 10.1. The summed E-state index contributed by atoms with van der Waals surface area (Å²) >= 11 is 0. The van der Waals surface area contributed by atoms with E-state index in [-0.39, 0.29) is 6.17 Å². The molecule has 1 saturated heterocycles. The van der Waals surface area contributed by atoms with Gasteiger partial charge in [-0.15, -0.1) is 0 Å². The van der Waals surface area contributed by atoms with Crippen molar-refractivity contribution >= 4 is 6.08 Å². The van der Waals surface area contributed by atoms with Crippen LogP contribution in [0.15, 0.2) is 84.4 Å². The monoisotopic (exact) mass is 400 g/mol. The summed E-state index contributed by atoms with van der Waals surface area (Å²) in [6.45, 7) is 5.31. The summed E-state index contributed by atoms with van der Waals surface area (Å²) in [5.74, 6) is 0.667. The molecular weight excluding hydrogens is 372 g/mol. The normalized spacial score (nSPS) is 16.2. The van der Waals surface area contributed by atoms with Gasteiger partial charge in [0.15, 0.2) is 0 Å². The summed E-state index contributed by atoms with van der Waals surface area (Å²) in [5.41, 5.74) is 4.27. The Bertz CT molecular complexity index is 961. The molecule has 154 valence electrons.